The van der Waals surface area contributed by atoms with Gasteiger partial charge in [-0.1, -0.05) is 37.3 Å². The van der Waals surface area contributed by atoms with Crippen LogP contribution in [0, 0.1) is 0 Å². The SMILES string of the molecule is CCN1C(c2ccccc2)CC(O)C1(C)C. The highest BCUT2D eigenvalue weighted by molar-refractivity contribution is 5.22. The largest absolute Gasteiger partial charge is 0.391 e. The fourth-order valence-electron chi connectivity index (χ4n) is 2.84. The highest BCUT2D eigenvalue weighted by Crippen LogP contribution is 2.41. The van der Waals surface area contributed by atoms with Crippen molar-refractivity contribution >= 4 is 0 Å². The molecule has 2 heteroatoms. The van der Waals surface area contributed by atoms with E-state index >= 15 is 0 Å². The summed E-state index contributed by atoms with van der Waals surface area (Å²) in [4.78, 5) is 2.40. The first-order valence-corrected chi connectivity index (χ1v) is 6.07. The zero-order valence-electron chi connectivity index (χ0n) is 10.4. The van der Waals surface area contributed by atoms with Gasteiger partial charge in [0.2, 0.25) is 0 Å². The van der Waals surface area contributed by atoms with Crippen LogP contribution in [-0.2, 0) is 0 Å². The summed E-state index contributed by atoms with van der Waals surface area (Å²) in [5.41, 5.74) is 1.20. The zero-order valence-corrected chi connectivity index (χ0v) is 10.4. The fraction of sp³-hybridized carbons (Fsp3) is 0.571. The monoisotopic (exact) mass is 219 g/mol. The number of nitrogens with zero attached hydrogens (tertiary/aromatic N) is 1. The van der Waals surface area contributed by atoms with E-state index in [9.17, 15) is 5.11 Å². The number of likely N-dealkylation sites (tertiary alicyclic amines) is 1. The molecular formula is C14H21NO. The van der Waals surface area contributed by atoms with Crippen LogP contribution in [0.5, 0.6) is 0 Å². The van der Waals surface area contributed by atoms with E-state index in [4.69, 9.17) is 0 Å². The number of rotatable bonds is 2. The van der Waals surface area contributed by atoms with Crippen LogP contribution in [0.3, 0.4) is 0 Å². The van der Waals surface area contributed by atoms with Crippen molar-refractivity contribution in [2.24, 2.45) is 0 Å². The van der Waals surface area contributed by atoms with E-state index in [0.29, 0.717) is 6.04 Å². The maximum Gasteiger partial charge on any atom is 0.0736 e. The van der Waals surface area contributed by atoms with Crippen LogP contribution < -0.4 is 0 Å². The smallest absolute Gasteiger partial charge is 0.0736 e. The van der Waals surface area contributed by atoms with Crippen molar-refractivity contribution < 1.29 is 5.11 Å². The minimum Gasteiger partial charge on any atom is -0.391 e. The van der Waals surface area contributed by atoms with E-state index in [1.165, 1.54) is 5.56 Å². The van der Waals surface area contributed by atoms with Crippen LogP contribution in [0.25, 0.3) is 0 Å². The van der Waals surface area contributed by atoms with Gasteiger partial charge in [-0.25, -0.2) is 0 Å². The van der Waals surface area contributed by atoms with Crippen molar-refractivity contribution in [2.45, 2.75) is 44.9 Å². The van der Waals surface area contributed by atoms with Crippen LogP contribution in [0.4, 0.5) is 0 Å². The van der Waals surface area contributed by atoms with Crippen molar-refractivity contribution in [3.05, 3.63) is 35.9 Å². The molecule has 1 aromatic rings. The number of hydrogen-bond donors (Lipinski definition) is 1. The second-order valence-electron chi connectivity index (χ2n) is 5.12. The third-order valence-corrected chi connectivity index (χ3v) is 3.90. The van der Waals surface area contributed by atoms with Gasteiger partial charge in [-0.15, -0.1) is 0 Å². The van der Waals surface area contributed by atoms with Gasteiger partial charge in [-0.3, -0.25) is 4.90 Å². The van der Waals surface area contributed by atoms with E-state index in [1.54, 1.807) is 0 Å². The molecule has 16 heavy (non-hydrogen) atoms. The van der Waals surface area contributed by atoms with Crippen molar-refractivity contribution in [3.8, 4) is 0 Å². The molecule has 0 radical (unpaired) electrons. The van der Waals surface area contributed by atoms with Gasteiger partial charge in [0.05, 0.1) is 6.10 Å². The number of aliphatic hydroxyl groups excluding tert-OH is 1. The maximum atomic E-state index is 10.1. The Labute approximate surface area is 97.9 Å². The molecule has 0 saturated carbocycles. The van der Waals surface area contributed by atoms with E-state index in [-0.39, 0.29) is 11.6 Å². The highest BCUT2D eigenvalue weighted by atomic mass is 16.3. The Bertz CT molecular complexity index is 347. The van der Waals surface area contributed by atoms with Crippen molar-refractivity contribution in [3.63, 3.8) is 0 Å². The fourth-order valence-corrected chi connectivity index (χ4v) is 2.84. The van der Waals surface area contributed by atoms with Crippen LogP contribution in [-0.4, -0.2) is 28.2 Å². The number of hydrogen-bond acceptors (Lipinski definition) is 2. The predicted molar refractivity (Wildman–Crippen MR) is 66.3 cm³/mol. The molecule has 0 aliphatic carbocycles. The molecule has 1 saturated heterocycles. The Morgan fingerprint density at radius 2 is 1.94 bits per heavy atom. The van der Waals surface area contributed by atoms with E-state index in [1.807, 2.05) is 6.07 Å². The van der Waals surface area contributed by atoms with E-state index < -0.39 is 0 Å². The summed E-state index contributed by atoms with van der Waals surface area (Å²) >= 11 is 0. The summed E-state index contributed by atoms with van der Waals surface area (Å²) in [5.74, 6) is 0. The van der Waals surface area contributed by atoms with Gasteiger partial charge in [-0.2, -0.15) is 0 Å². The topological polar surface area (TPSA) is 23.5 Å². The van der Waals surface area contributed by atoms with Gasteiger partial charge < -0.3 is 5.11 Å². The Hall–Kier alpha value is -0.860. The summed E-state index contributed by atoms with van der Waals surface area (Å²) in [7, 11) is 0. The molecule has 1 fully saturated rings. The molecule has 1 aliphatic heterocycles. The van der Waals surface area contributed by atoms with Gasteiger partial charge in [-0.05, 0) is 32.4 Å². The lowest BCUT2D eigenvalue weighted by Gasteiger charge is -2.36. The molecule has 2 unspecified atom stereocenters. The van der Waals surface area contributed by atoms with Crippen molar-refractivity contribution in [1.82, 2.24) is 4.90 Å². The summed E-state index contributed by atoms with van der Waals surface area (Å²) in [6.07, 6.45) is 0.600. The van der Waals surface area contributed by atoms with Crippen LogP contribution in [0.15, 0.2) is 30.3 Å². The standard InChI is InChI=1S/C14H21NO/c1-4-15-12(10-13(16)14(15,2)3)11-8-6-5-7-9-11/h5-9,12-13,16H,4,10H2,1-3H3. The molecule has 1 N–H and O–H groups in total. The molecular weight excluding hydrogens is 198 g/mol. The van der Waals surface area contributed by atoms with Crippen LogP contribution in [0.1, 0.15) is 38.8 Å². The normalized spacial score (nSPS) is 29.5. The lowest BCUT2D eigenvalue weighted by Crippen LogP contribution is -2.45. The minimum absolute atomic E-state index is 0.116. The summed E-state index contributed by atoms with van der Waals surface area (Å²) < 4.78 is 0. The van der Waals surface area contributed by atoms with Gasteiger partial charge in [0.25, 0.3) is 0 Å². The minimum atomic E-state index is -0.238. The average Bonchev–Trinajstić information content (AvgIpc) is 2.51. The van der Waals surface area contributed by atoms with Gasteiger partial charge >= 0.3 is 0 Å². The quantitative estimate of drug-likeness (QED) is 0.826. The van der Waals surface area contributed by atoms with Crippen molar-refractivity contribution in [2.75, 3.05) is 6.54 Å². The Balaban J connectivity index is 2.30. The molecule has 1 aromatic carbocycles. The first-order chi connectivity index (χ1) is 7.57. The molecule has 1 aliphatic rings. The molecule has 0 amide bonds. The van der Waals surface area contributed by atoms with Crippen molar-refractivity contribution in [1.29, 1.82) is 0 Å². The summed E-state index contributed by atoms with van der Waals surface area (Å²) in [5, 5.41) is 10.1. The molecule has 1 heterocycles. The highest BCUT2D eigenvalue weighted by Gasteiger charge is 2.45. The first kappa shape index (κ1) is 11.6. The number of aliphatic hydroxyl groups is 1. The van der Waals surface area contributed by atoms with Gasteiger partial charge in [0.1, 0.15) is 0 Å². The van der Waals surface area contributed by atoms with Crippen LogP contribution in [0.2, 0.25) is 0 Å². The zero-order chi connectivity index (χ0) is 11.8. The Kier molecular flexibility index (Phi) is 3.04. The Morgan fingerprint density at radius 3 is 2.50 bits per heavy atom. The summed E-state index contributed by atoms with van der Waals surface area (Å²) in [6, 6.07) is 10.8. The summed E-state index contributed by atoms with van der Waals surface area (Å²) in [6.45, 7) is 7.40. The Morgan fingerprint density at radius 1 is 1.31 bits per heavy atom. The lowest BCUT2D eigenvalue weighted by molar-refractivity contribution is 0.0487. The second-order valence-corrected chi connectivity index (χ2v) is 5.12. The maximum absolute atomic E-state index is 10.1. The van der Waals surface area contributed by atoms with E-state index in [0.717, 1.165) is 13.0 Å². The first-order valence-electron chi connectivity index (χ1n) is 6.07. The van der Waals surface area contributed by atoms with Gasteiger partial charge in [0, 0.05) is 11.6 Å². The van der Waals surface area contributed by atoms with Crippen LogP contribution >= 0.6 is 0 Å². The molecule has 2 rings (SSSR count). The molecule has 2 atom stereocenters. The lowest BCUT2D eigenvalue weighted by atomic mass is 9.98. The molecule has 2 nitrogen and oxygen atoms in total. The number of benzene rings is 1. The van der Waals surface area contributed by atoms with E-state index in [2.05, 4.69) is 49.9 Å². The third-order valence-electron chi connectivity index (χ3n) is 3.90. The molecule has 0 aromatic heterocycles. The molecule has 0 spiro atoms. The molecule has 88 valence electrons. The second kappa shape index (κ2) is 4.19. The van der Waals surface area contributed by atoms with Gasteiger partial charge in [0.15, 0.2) is 0 Å². The molecule has 0 bridgehead atoms. The predicted octanol–water partition coefficient (Wildman–Crippen LogP) is 2.59. The number of likely N-dealkylation sites (N-methyl/N-ethyl adjacent to an activating group) is 1. The average molecular weight is 219 g/mol. The third kappa shape index (κ3) is 1.76.